The molecule has 54 heavy (non-hydrogen) atoms. The SMILES string of the molecule is CCCCCCCCc1cc(-c2ccc(-c3ccc(C=C(C#N)C(=O)O)cc3)c3nsnc23)sc1-c1ccc(N(c2ccccc2)c2ccccc2)cc1. The molecule has 5 aromatic carbocycles. The van der Waals surface area contributed by atoms with Gasteiger partial charge in [-0.1, -0.05) is 124 Å². The van der Waals surface area contributed by atoms with Gasteiger partial charge in [-0.15, -0.1) is 11.3 Å². The van der Waals surface area contributed by atoms with Crippen LogP contribution >= 0.6 is 23.1 Å². The van der Waals surface area contributed by atoms with Gasteiger partial charge in [-0.2, -0.15) is 14.0 Å². The van der Waals surface area contributed by atoms with Crippen LogP contribution < -0.4 is 4.90 Å². The van der Waals surface area contributed by atoms with E-state index in [-0.39, 0.29) is 5.57 Å². The number of hydrogen-bond donors (Lipinski definition) is 1. The minimum Gasteiger partial charge on any atom is -0.477 e. The number of rotatable bonds is 15. The van der Waals surface area contributed by atoms with E-state index < -0.39 is 5.97 Å². The number of carbonyl (C=O) groups is 1. The maximum Gasteiger partial charge on any atom is 0.346 e. The average Bonchev–Trinajstić information content (AvgIpc) is 3.88. The lowest BCUT2D eigenvalue weighted by Gasteiger charge is -2.25. The number of aryl methyl sites for hydroxylation is 1. The predicted molar refractivity (Wildman–Crippen MR) is 225 cm³/mol. The van der Waals surface area contributed by atoms with E-state index in [0.29, 0.717) is 5.56 Å². The molecule has 0 bridgehead atoms. The molecule has 0 saturated carbocycles. The zero-order valence-corrected chi connectivity index (χ0v) is 31.7. The molecule has 0 fully saturated rings. The van der Waals surface area contributed by atoms with E-state index in [9.17, 15) is 9.90 Å². The number of nitrogens with zero attached hydrogens (tertiary/aromatic N) is 4. The molecule has 7 rings (SSSR count). The molecular weight excluding hydrogens is 705 g/mol. The number of nitriles is 1. The van der Waals surface area contributed by atoms with Crippen LogP contribution in [0.2, 0.25) is 0 Å². The lowest BCUT2D eigenvalue weighted by atomic mass is 9.98. The number of benzene rings is 5. The van der Waals surface area contributed by atoms with Crippen LogP contribution in [0.4, 0.5) is 17.1 Å². The highest BCUT2D eigenvalue weighted by molar-refractivity contribution is 7.19. The van der Waals surface area contributed by atoms with Gasteiger partial charge in [0.05, 0.1) is 11.7 Å². The molecule has 0 aliphatic rings. The molecule has 0 aliphatic heterocycles. The van der Waals surface area contributed by atoms with Crippen LogP contribution in [0.15, 0.2) is 133 Å². The van der Waals surface area contributed by atoms with Crippen molar-refractivity contribution in [2.75, 3.05) is 4.90 Å². The number of carboxylic acids is 1. The highest BCUT2D eigenvalue weighted by Crippen LogP contribution is 2.44. The fourth-order valence-corrected chi connectivity index (χ4v) is 8.63. The van der Waals surface area contributed by atoms with Crippen molar-refractivity contribution in [2.24, 2.45) is 0 Å². The second kappa shape index (κ2) is 17.3. The number of para-hydroxylation sites is 2. The molecule has 0 atom stereocenters. The van der Waals surface area contributed by atoms with E-state index in [1.807, 2.05) is 47.7 Å². The molecule has 2 heterocycles. The number of hydrogen-bond acceptors (Lipinski definition) is 7. The van der Waals surface area contributed by atoms with Gasteiger partial charge in [-0.3, -0.25) is 0 Å². The van der Waals surface area contributed by atoms with Crippen LogP contribution in [0.5, 0.6) is 0 Å². The summed E-state index contributed by atoms with van der Waals surface area (Å²) in [4.78, 5) is 16.1. The van der Waals surface area contributed by atoms with Crippen LogP contribution in [0.1, 0.15) is 56.6 Å². The summed E-state index contributed by atoms with van der Waals surface area (Å²) in [5.41, 5.74) is 10.9. The number of thiophene rings is 1. The Hall–Kier alpha value is -5.88. The van der Waals surface area contributed by atoms with Gasteiger partial charge in [-0.25, -0.2) is 4.79 Å². The third kappa shape index (κ3) is 8.18. The molecule has 0 radical (unpaired) electrons. The topological polar surface area (TPSA) is 90.1 Å². The van der Waals surface area contributed by atoms with Gasteiger partial charge in [-0.05, 0) is 83.6 Å². The van der Waals surface area contributed by atoms with Gasteiger partial charge >= 0.3 is 5.97 Å². The summed E-state index contributed by atoms with van der Waals surface area (Å²) in [6.07, 6.45) is 9.89. The average molecular weight is 745 g/mol. The molecule has 0 saturated heterocycles. The summed E-state index contributed by atoms with van der Waals surface area (Å²) in [5.74, 6) is -1.24. The Morgan fingerprint density at radius 3 is 1.93 bits per heavy atom. The quantitative estimate of drug-likeness (QED) is 0.0638. The van der Waals surface area contributed by atoms with Gasteiger partial charge in [0.1, 0.15) is 22.7 Å². The van der Waals surface area contributed by atoms with E-state index in [4.69, 9.17) is 14.0 Å². The zero-order valence-electron chi connectivity index (χ0n) is 30.1. The molecule has 0 aliphatic carbocycles. The van der Waals surface area contributed by atoms with Gasteiger partial charge in [0.25, 0.3) is 0 Å². The number of carboxylic acid groups (broad SMARTS) is 1. The fraction of sp³-hybridized carbons (Fsp3) is 0.174. The van der Waals surface area contributed by atoms with E-state index in [1.165, 1.54) is 70.8 Å². The van der Waals surface area contributed by atoms with Crippen molar-refractivity contribution in [1.29, 1.82) is 5.26 Å². The molecule has 2 aromatic heterocycles. The third-order valence-electron chi connectivity index (χ3n) is 9.59. The van der Waals surface area contributed by atoms with Crippen molar-refractivity contribution in [1.82, 2.24) is 8.75 Å². The molecule has 0 spiro atoms. The van der Waals surface area contributed by atoms with E-state index in [1.54, 1.807) is 6.07 Å². The second-order valence-electron chi connectivity index (χ2n) is 13.3. The normalized spacial score (nSPS) is 11.4. The maximum absolute atomic E-state index is 11.3. The first-order valence-corrected chi connectivity index (χ1v) is 19.9. The summed E-state index contributed by atoms with van der Waals surface area (Å²) < 4.78 is 9.53. The Bertz CT molecular complexity index is 2370. The van der Waals surface area contributed by atoms with Crippen molar-refractivity contribution in [2.45, 2.75) is 51.9 Å². The summed E-state index contributed by atoms with van der Waals surface area (Å²) in [5, 5.41) is 18.4. The monoisotopic (exact) mass is 744 g/mol. The third-order valence-corrected chi connectivity index (χ3v) is 11.4. The van der Waals surface area contributed by atoms with Crippen LogP contribution in [0, 0.1) is 11.3 Å². The lowest BCUT2D eigenvalue weighted by molar-refractivity contribution is -0.132. The highest BCUT2D eigenvalue weighted by Gasteiger charge is 2.19. The first-order valence-electron chi connectivity index (χ1n) is 18.4. The van der Waals surface area contributed by atoms with Crippen molar-refractivity contribution in [3.63, 3.8) is 0 Å². The number of fused-ring (bicyclic) bond motifs is 1. The summed E-state index contributed by atoms with van der Waals surface area (Å²) in [7, 11) is 0. The number of aromatic nitrogens is 2. The molecule has 6 nitrogen and oxygen atoms in total. The van der Waals surface area contributed by atoms with Crippen LogP contribution in [0.25, 0.3) is 49.1 Å². The Morgan fingerprint density at radius 2 is 1.30 bits per heavy atom. The predicted octanol–water partition coefficient (Wildman–Crippen LogP) is 13.1. The Kier molecular flexibility index (Phi) is 11.7. The van der Waals surface area contributed by atoms with Crippen LogP contribution in [0.3, 0.4) is 0 Å². The van der Waals surface area contributed by atoms with Gasteiger partial charge in [0, 0.05) is 37.9 Å². The summed E-state index contributed by atoms with van der Waals surface area (Å²) in [6, 6.07) is 45.8. The first-order chi connectivity index (χ1) is 26.5. The fourth-order valence-electron chi connectivity index (χ4n) is 6.82. The molecule has 7 aromatic rings. The van der Waals surface area contributed by atoms with Crippen molar-refractivity contribution < 1.29 is 9.90 Å². The number of anilines is 3. The standard InChI is InChI=1S/C46H40N4O2S2/c1-2-3-4-5-6-9-14-35-30-42(41-28-27-40(43-44(41)49-54-48-43)33-21-19-32(20-22-33)29-36(31-47)46(51)52)53-45(35)34-23-25-39(26-24-34)50(37-15-10-7-11-16-37)38-17-12-8-13-18-38/h7-8,10-13,15-30H,2-6,9,14H2,1H3,(H,51,52). The van der Waals surface area contributed by atoms with E-state index in [2.05, 4.69) is 103 Å². The van der Waals surface area contributed by atoms with Gasteiger partial charge in [0.2, 0.25) is 0 Å². The maximum atomic E-state index is 11.3. The Morgan fingerprint density at radius 1 is 0.722 bits per heavy atom. The van der Waals surface area contributed by atoms with Crippen molar-refractivity contribution in [3.05, 3.63) is 144 Å². The molecule has 0 amide bonds. The lowest BCUT2D eigenvalue weighted by Crippen LogP contribution is -2.09. The molecule has 268 valence electrons. The van der Waals surface area contributed by atoms with Crippen LogP contribution in [-0.4, -0.2) is 19.8 Å². The summed E-state index contributed by atoms with van der Waals surface area (Å²) in [6.45, 7) is 2.26. The van der Waals surface area contributed by atoms with E-state index >= 15 is 0 Å². The van der Waals surface area contributed by atoms with Crippen molar-refractivity contribution >= 4 is 63.2 Å². The molecular formula is C46H40N4O2S2. The first kappa shape index (κ1) is 36.5. The smallest absolute Gasteiger partial charge is 0.346 e. The zero-order chi connectivity index (χ0) is 37.3. The number of aliphatic carboxylic acids is 1. The Balaban J connectivity index is 1.22. The summed E-state index contributed by atoms with van der Waals surface area (Å²) >= 11 is 3.03. The minimum absolute atomic E-state index is 0.304. The highest BCUT2D eigenvalue weighted by atomic mass is 32.1. The molecule has 1 N–H and O–H groups in total. The molecule has 0 unspecified atom stereocenters. The largest absolute Gasteiger partial charge is 0.477 e. The van der Waals surface area contributed by atoms with Crippen molar-refractivity contribution in [3.8, 4) is 38.1 Å². The van der Waals surface area contributed by atoms with Gasteiger partial charge < -0.3 is 10.0 Å². The minimum atomic E-state index is -1.24. The van der Waals surface area contributed by atoms with E-state index in [0.717, 1.165) is 57.6 Å². The van der Waals surface area contributed by atoms with Gasteiger partial charge in [0.15, 0.2) is 0 Å². The van der Waals surface area contributed by atoms with Crippen LogP contribution in [-0.2, 0) is 11.2 Å². The molecule has 8 heteroatoms. The second-order valence-corrected chi connectivity index (χ2v) is 14.8. The Labute approximate surface area is 324 Å². The number of unbranched alkanes of at least 4 members (excludes halogenated alkanes) is 5.